The molecule has 2 bridgehead atoms. The molecule has 2 aliphatic rings. The van der Waals surface area contributed by atoms with Crippen LogP contribution in [0.5, 0.6) is 0 Å². The summed E-state index contributed by atoms with van der Waals surface area (Å²) in [6.45, 7) is 5.93. The first-order valence-electron chi connectivity index (χ1n) is 9.36. The molecule has 0 aliphatic heterocycles. The average Bonchev–Trinajstić information content (AvgIpc) is 3.23. The molecule has 0 aromatic heterocycles. The lowest BCUT2D eigenvalue weighted by molar-refractivity contribution is -0.146. The number of nitrogens with one attached hydrogen (secondary N) is 2. The van der Waals surface area contributed by atoms with Gasteiger partial charge in [-0.3, -0.25) is 14.4 Å². The highest BCUT2D eigenvalue weighted by Crippen LogP contribution is 2.48. The number of carbonyl (C=O) groups is 3. The van der Waals surface area contributed by atoms with Crippen molar-refractivity contribution in [2.45, 2.75) is 39.2 Å². The average molecular weight is 370 g/mol. The molecule has 6 nitrogen and oxygen atoms in total. The Balaban J connectivity index is 1.66. The Morgan fingerprint density at radius 2 is 1.67 bits per heavy atom. The second-order valence-electron chi connectivity index (χ2n) is 8.10. The summed E-state index contributed by atoms with van der Waals surface area (Å²) in [6, 6.07) is 6.66. The van der Waals surface area contributed by atoms with Crippen LogP contribution in [0.3, 0.4) is 0 Å². The Morgan fingerprint density at radius 1 is 1.07 bits per heavy atom. The van der Waals surface area contributed by atoms with Gasteiger partial charge < -0.3 is 15.7 Å². The fourth-order valence-corrected chi connectivity index (χ4v) is 3.91. The molecule has 0 heterocycles. The summed E-state index contributed by atoms with van der Waals surface area (Å²) in [5.74, 6) is -2.65. The van der Waals surface area contributed by atoms with Crippen molar-refractivity contribution in [1.29, 1.82) is 0 Å². The predicted octanol–water partition coefficient (Wildman–Crippen LogP) is 3.07. The highest BCUT2D eigenvalue weighted by Gasteiger charge is 2.51. The third kappa shape index (κ3) is 3.89. The lowest BCUT2D eigenvalue weighted by Crippen LogP contribution is -2.42. The lowest BCUT2D eigenvalue weighted by atomic mass is 9.82. The van der Waals surface area contributed by atoms with E-state index in [0.717, 1.165) is 12.8 Å². The van der Waals surface area contributed by atoms with Crippen molar-refractivity contribution in [3.05, 3.63) is 42.0 Å². The molecule has 0 radical (unpaired) electrons. The van der Waals surface area contributed by atoms with Gasteiger partial charge in [-0.15, -0.1) is 0 Å². The number of allylic oxidation sites excluding steroid dienone is 2. The number of aliphatic carboxylic acids is 1. The van der Waals surface area contributed by atoms with Gasteiger partial charge in [0.25, 0.3) is 5.91 Å². The van der Waals surface area contributed by atoms with Crippen LogP contribution in [0.4, 0.5) is 5.69 Å². The van der Waals surface area contributed by atoms with E-state index in [1.54, 1.807) is 24.3 Å². The molecule has 27 heavy (non-hydrogen) atoms. The van der Waals surface area contributed by atoms with Crippen molar-refractivity contribution in [2.75, 3.05) is 5.32 Å². The summed E-state index contributed by atoms with van der Waals surface area (Å²) in [5, 5.41) is 15.2. The Hall–Kier alpha value is -2.63. The van der Waals surface area contributed by atoms with Crippen molar-refractivity contribution in [1.82, 2.24) is 5.32 Å². The van der Waals surface area contributed by atoms with Gasteiger partial charge in [0.05, 0.1) is 11.8 Å². The molecule has 4 atom stereocenters. The van der Waals surface area contributed by atoms with Gasteiger partial charge in [-0.05, 0) is 62.8 Å². The number of rotatable bonds is 6. The minimum Gasteiger partial charge on any atom is -0.481 e. The normalized spacial score (nSPS) is 26.0. The van der Waals surface area contributed by atoms with E-state index in [1.165, 1.54) is 0 Å². The Morgan fingerprint density at radius 3 is 2.22 bits per heavy atom. The van der Waals surface area contributed by atoms with E-state index in [0.29, 0.717) is 11.3 Å². The van der Waals surface area contributed by atoms with Crippen molar-refractivity contribution >= 4 is 23.5 Å². The zero-order valence-corrected chi connectivity index (χ0v) is 15.9. The van der Waals surface area contributed by atoms with E-state index < -0.39 is 17.8 Å². The van der Waals surface area contributed by atoms with Crippen LogP contribution in [0.15, 0.2) is 36.4 Å². The first kappa shape index (κ1) is 19.1. The Bertz CT molecular complexity index is 782. The number of anilines is 1. The van der Waals surface area contributed by atoms with Crippen molar-refractivity contribution in [3.63, 3.8) is 0 Å². The van der Waals surface area contributed by atoms with Gasteiger partial charge in [0.2, 0.25) is 5.91 Å². The number of hydrogen-bond donors (Lipinski definition) is 3. The maximum atomic E-state index is 12.7. The van der Waals surface area contributed by atoms with Gasteiger partial charge >= 0.3 is 5.97 Å². The van der Waals surface area contributed by atoms with Crippen molar-refractivity contribution in [3.8, 4) is 0 Å². The summed E-state index contributed by atoms with van der Waals surface area (Å²) in [7, 11) is 0. The van der Waals surface area contributed by atoms with E-state index in [4.69, 9.17) is 0 Å². The maximum absolute atomic E-state index is 12.7. The molecule has 2 amide bonds. The molecule has 3 N–H and O–H groups in total. The molecule has 1 aromatic rings. The number of hydrogen-bond acceptors (Lipinski definition) is 3. The minimum atomic E-state index is -0.919. The largest absolute Gasteiger partial charge is 0.481 e. The van der Waals surface area contributed by atoms with E-state index in [2.05, 4.69) is 10.6 Å². The summed E-state index contributed by atoms with van der Waals surface area (Å²) < 4.78 is 0. The van der Waals surface area contributed by atoms with E-state index in [-0.39, 0.29) is 29.2 Å². The maximum Gasteiger partial charge on any atom is 0.307 e. The smallest absolute Gasteiger partial charge is 0.307 e. The third-order valence-corrected chi connectivity index (χ3v) is 5.80. The number of carboxylic acid groups (broad SMARTS) is 1. The summed E-state index contributed by atoms with van der Waals surface area (Å²) in [6.07, 6.45) is 5.41. The molecule has 3 rings (SSSR count). The van der Waals surface area contributed by atoms with Crippen LogP contribution in [0.1, 0.15) is 44.0 Å². The van der Waals surface area contributed by atoms with Gasteiger partial charge in [-0.1, -0.05) is 19.1 Å². The second-order valence-corrected chi connectivity index (χ2v) is 8.10. The van der Waals surface area contributed by atoms with Crippen LogP contribution in [0.25, 0.3) is 0 Å². The summed E-state index contributed by atoms with van der Waals surface area (Å²) in [5.41, 5.74) is 0.786. The molecule has 2 aliphatic carbocycles. The highest BCUT2D eigenvalue weighted by atomic mass is 16.4. The second kappa shape index (κ2) is 7.18. The van der Waals surface area contributed by atoms with Crippen LogP contribution < -0.4 is 10.6 Å². The number of fused-ring (bicyclic) bond motifs is 2. The summed E-state index contributed by atoms with van der Waals surface area (Å²) in [4.78, 5) is 36.5. The fourth-order valence-electron chi connectivity index (χ4n) is 3.91. The standard InChI is InChI=1S/C21H26N2O4/c1-4-21(2,3)23-18(24)12-7-9-15(10-8-12)22-19(25)16-13-5-6-14(11-13)17(16)20(26)27/h5-10,13-14,16-17H,4,11H2,1-3H3,(H,22,25)(H,23,24)(H,26,27). The van der Waals surface area contributed by atoms with Crippen LogP contribution in [-0.4, -0.2) is 28.4 Å². The van der Waals surface area contributed by atoms with Crippen LogP contribution in [0, 0.1) is 23.7 Å². The van der Waals surface area contributed by atoms with Gasteiger partial charge in [0.1, 0.15) is 0 Å². The number of carboxylic acids is 1. The quantitative estimate of drug-likeness (QED) is 0.671. The molecule has 0 saturated heterocycles. The van der Waals surface area contributed by atoms with Crippen molar-refractivity contribution in [2.24, 2.45) is 23.7 Å². The number of benzene rings is 1. The van der Waals surface area contributed by atoms with Gasteiger partial charge in [-0.2, -0.15) is 0 Å². The van der Waals surface area contributed by atoms with Gasteiger partial charge in [0, 0.05) is 16.8 Å². The molecule has 1 saturated carbocycles. The monoisotopic (exact) mass is 370 g/mol. The van der Waals surface area contributed by atoms with Gasteiger partial charge in [-0.25, -0.2) is 0 Å². The molecule has 1 aromatic carbocycles. The first-order chi connectivity index (χ1) is 12.7. The first-order valence-corrected chi connectivity index (χ1v) is 9.36. The highest BCUT2D eigenvalue weighted by molar-refractivity contribution is 5.98. The van der Waals surface area contributed by atoms with Crippen LogP contribution in [-0.2, 0) is 9.59 Å². The molecule has 6 heteroatoms. The number of amides is 2. The van der Waals surface area contributed by atoms with E-state index in [1.807, 2.05) is 32.9 Å². The Kier molecular flexibility index (Phi) is 5.09. The minimum absolute atomic E-state index is 0.0163. The SMILES string of the molecule is CCC(C)(C)NC(=O)c1ccc(NC(=O)C2C3C=CC(C3)C2C(=O)O)cc1. The molecule has 4 unspecified atom stereocenters. The van der Waals surface area contributed by atoms with Crippen LogP contribution >= 0.6 is 0 Å². The Labute approximate surface area is 159 Å². The van der Waals surface area contributed by atoms with Crippen molar-refractivity contribution < 1.29 is 19.5 Å². The zero-order valence-electron chi connectivity index (χ0n) is 15.9. The zero-order chi connectivity index (χ0) is 19.8. The van der Waals surface area contributed by atoms with E-state index in [9.17, 15) is 19.5 Å². The lowest BCUT2D eigenvalue weighted by Gasteiger charge is -2.25. The molecular formula is C21H26N2O4. The van der Waals surface area contributed by atoms with Gasteiger partial charge in [0.15, 0.2) is 0 Å². The topological polar surface area (TPSA) is 95.5 Å². The third-order valence-electron chi connectivity index (χ3n) is 5.80. The molecule has 1 fully saturated rings. The molecule has 144 valence electrons. The fraction of sp³-hybridized carbons (Fsp3) is 0.476. The number of carbonyl (C=O) groups excluding carboxylic acids is 2. The predicted molar refractivity (Wildman–Crippen MR) is 102 cm³/mol. The summed E-state index contributed by atoms with van der Waals surface area (Å²) >= 11 is 0. The van der Waals surface area contributed by atoms with Crippen LogP contribution in [0.2, 0.25) is 0 Å². The molecular weight excluding hydrogens is 344 g/mol. The molecule has 0 spiro atoms. The van der Waals surface area contributed by atoms with E-state index >= 15 is 0 Å².